The number of hydrogen-bond donors (Lipinski definition) is 0. The van der Waals surface area contributed by atoms with Gasteiger partial charge in [-0.2, -0.15) is 0 Å². The second-order valence-corrected chi connectivity index (χ2v) is 21.7. The van der Waals surface area contributed by atoms with Crippen molar-refractivity contribution in [2.45, 2.75) is 367 Å². The van der Waals surface area contributed by atoms with Crippen LogP contribution >= 0.6 is 0 Å². The number of ether oxygens (including phenoxy) is 3. The molecule has 0 aliphatic carbocycles. The molecule has 0 amide bonds. The fraction of sp³-hybridized carbons (Fsp3) is 0.922. The summed E-state index contributed by atoms with van der Waals surface area (Å²) < 4.78 is 16.8. The van der Waals surface area contributed by atoms with E-state index in [0.29, 0.717) is 19.3 Å². The lowest BCUT2D eigenvalue weighted by molar-refractivity contribution is -0.167. The van der Waals surface area contributed by atoms with Gasteiger partial charge in [0.2, 0.25) is 0 Å². The smallest absolute Gasteiger partial charge is 0.306 e. The molecule has 0 aliphatic heterocycles. The molecule has 0 saturated heterocycles. The molecule has 1 unspecified atom stereocenters. The van der Waals surface area contributed by atoms with Crippen molar-refractivity contribution < 1.29 is 28.6 Å². The molecule has 0 aromatic heterocycles. The van der Waals surface area contributed by atoms with Crippen molar-refractivity contribution in [3.05, 3.63) is 12.2 Å². The third-order valence-electron chi connectivity index (χ3n) is 14.5. The fourth-order valence-corrected chi connectivity index (χ4v) is 9.72. The van der Waals surface area contributed by atoms with E-state index in [4.69, 9.17) is 14.2 Å². The number of allylic oxidation sites excluding steroid dienone is 2. The highest BCUT2D eigenvalue weighted by Crippen LogP contribution is 2.18. The molecule has 6 heteroatoms. The van der Waals surface area contributed by atoms with Gasteiger partial charge in [-0.15, -0.1) is 0 Å². The Kier molecular flexibility index (Phi) is 58.1. The molecule has 0 heterocycles. The van der Waals surface area contributed by atoms with E-state index in [2.05, 4.69) is 32.9 Å². The zero-order valence-corrected chi connectivity index (χ0v) is 47.6. The van der Waals surface area contributed by atoms with Crippen LogP contribution in [0, 0.1) is 0 Å². The lowest BCUT2D eigenvalue weighted by Crippen LogP contribution is -2.30. The van der Waals surface area contributed by atoms with Crippen LogP contribution in [0.2, 0.25) is 0 Å². The second kappa shape index (κ2) is 59.7. The number of esters is 3. The molecule has 0 radical (unpaired) electrons. The number of hydrogen-bond acceptors (Lipinski definition) is 6. The molecular weight excluding hydrogens is 865 g/mol. The van der Waals surface area contributed by atoms with E-state index >= 15 is 0 Å². The predicted octanol–water partition coefficient (Wildman–Crippen LogP) is 21.3. The molecule has 0 aromatic rings. The SMILES string of the molecule is CCCC/C=C\CCCCCCCC(=O)OC(COC(=O)CCCCCCCCC)COC(=O)CCCCCCCCCCCCCCCCCCCCCCCCCCCCCCCCCCCC. The molecule has 0 N–H and O–H groups in total. The van der Waals surface area contributed by atoms with Crippen molar-refractivity contribution in [2.75, 3.05) is 13.2 Å². The Bertz CT molecular complexity index is 1090. The van der Waals surface area contributed by atoms with Crippen LogP contribution in [0.4, 0.5) is 0 Å². The number of carbonyl (C=O) groups excluding carboxylic acids is 3. The zero-order valence-electron chi connectivity index (χ0n) is 47.6. The lowest BCUT2D eigenvalue weighted by atomic mass is 10.0. The van der Waals surface area contributed by atoms with E-state index in [0.717, 1.165) is 64.2 Å². The van der Waals surface area contributed by atoms with Crippen molar-refractivity contribution in [3.8, 4) is 0 Å². The van der Waals surface area contributed by atoms with Crippen LogP contribution in [0.25, 0.3) is 0 Å². The molecule has 0 aromatic carbocycles. The van der Waals surface area contributed by atoms with Crippen molar-refractivity contribution in [2.24, 2.45) is 0 Å². The lowest BCUT2D eigenvalue weighted by Gasteiger charge is -2.18. The van der Waals surface area contributed by atoms with Gasteiger partial charge in [-0.1, -0.05) is 315 Å². The maximum atomic E-state index is 12.7. The quantitative estimate of drug-likeness (QED) is 0.0261. The fourth-order valence-electron chi connectivity index (χ4n) is 9.72. The summed E-state index contributed by atoms with van der Waals surface area (Å²) in [5.41, 5.74) is 0. The Morgan fingerprint density at radius 3 is 0.757 bits per heavy atom. The first-order chi connectivity index (χ1) is 34.5. The predicted molar refractivity (Wildman–Crippen MR) is 303 cm³/mol. The summed E-state index contributed by atoms with van der Waals surface area (Å²) >= 11 is 0. The van der Waals surface area contributed by atoms with Crippen molar-refractivity contribution >= 4 is 17.9 Å². The van der Waals surface area contributed by atoms with Crippen LogP contribution in [-0.2, 0) is 28.6 Å². The maximum absolute atomic E-state index is 12.7. The minimum atomic E-state index is -0.767. The van der Waals surface area contributed by atoms with E-state index in [1.54, 1.807) is 0 Å². The first-order valence-corrected chi connectivity index (χ1v) is 31.7. The van der Waals surface area contributed by atoms with Gasteiger partial charge in [-0.3, -0.25) is 14.4 Å². The van der Waals surface area contributed by atoms with Crippen molar-refractivity contribution in [3.63, 3.8) is 0 Å². The summed E-state index contributed by atoms with van der Waals surface area (Å²) in [6.45, 7) is 6.60. The van der Waals surface area contributed by atoms with Crippen LogP contribution in [0.5, 0.6) is 0 Å². The van der Waals surface area contributed by atoms with E-state index in [-0.39, 0.29) is 31.1 Å². The monoisotopic (exact) mass is 987 g/mol. The largest absolute Gasteiger partial charge is 0.462 e. The van der Waals surface area contributed by atoms with Gasteiger partial charge in [0.15, 0.2) is 6.10 Å². The summed E-state index contributed by atoms with van der Waals surface area (Å²) in [6.07, 6.45) is 70.0. The average molecular weight is 988 g/mol. The normalized spacial score (nSPS) is 12.0. The molecule has 414 valence electrons. The highest BCUT2D eigenvalue weighted by molar-refractivity contribution is 5.71. The highest BCUT2D eigenvalue weighted by atomic mass is 16.6. The molecule has 0 fully saturated rings. The van der Waals surface area contributed by atoms with Gasteiger partial charge in [-0.05, 0) is 38.5 Å². The third-order valence-corrected chi connectivity index (χ3v) is 14.5. The van der Waals surface area contributed by atoms with Crippen LogP contribution < -0.4 is 0 Å². The van der Waals surface area contributed by atoms with Gasteiger partial charge in [-0.25, -0.2) is 0 Å². The second-order valence-electron chi connectivity index (χ2n) is 21.7. The Morgan fingerprint density at radius 2 is 0.486 bits per heavy atom. The van der Waals surface area contributed by atoms with Crippen LogP contribution in [0.15, 0.2) is 12.2 Å². The molecule has 1 atom stereocenters. The third kappa shape index (κ3) is 57.1. The van der Waals surface area contributed by atoms with E-state index in [9.17, 15) is 14.4 Å². The van der Waals surface area contributed by atoms with Crippen molar-refractivity contribution in [1.29, 1.82) is 0 Å². The molecule has 0 bridgehead atoms. The van der Waals surface area contributed by atoms with Crippen LogP contribution in [0.3, 0.4) is 0 Å². The highest BCUT2D eigenvalue weighted by Gasteiger charge is 2.19. The van der Waals surface area contributed by atoms with E-state index in [1.807, 2.05) is 0 Å². The number of unbranched alkanes of at least 4 members (excludes halogenated alkanes) is 46. The van der Waals surface area contributed by atoms with Gasteiger partial charge >= 0.3 is 17.9 Å². The van der Waals surface area contributed by atoms with Gasteiger partial charge in [0.05, 0.1) is 0 Å². The van der Waals surface area contributed by atoms with Crippen LogP contribution in [-0.4, -0.2) is 37.2 Å². The van der Waals surface area contributed by atoms with Gasteiger partial charge in [0.1, 0.15) is 13.2 Å². The Balaban J connectivity index is 3.83. The van der Waals surface area contributed by atoms with E-state index < -0.39 is 6.10 Å². The summed E-state index contributed by atoms with van der Waals surface area (Å²) in [7, 11) is 0. The zero-order chi connectivity index (χ0) is 50.7. The van der Waals surface area contributed by atoms with Gasteiger partial charge in [0.25, 0.3) is 0 Å². The molecule has 0 rings (SSSR count). The Labute approximate surface area is 437 Å². The van der Waals surface area contributed by atoms with Gasteiger partial charge in [0, 0.05) is 19.3 Å². The molecular formula is C64H122O6. The van der Waals surface area contributed by atoms with Crippen molar-refractivity contribution in [1.82, 2.24) is 0 Å². The van der Waals surface area contributed by atoms with E-state index in [1.165, 1.54) is 257 Å². The standard InChI is InChI=1S/C64H122O6/c1-4-7-10-13-16-18-20-21-22-23-24-25-26-27-28-29-30-31-32-33-34-35-36-37-38-39-40-41-42-44-45-48-51-54-57-63(66)69-60-61(59-68-62(65)56-53-50-47-15-12-9-6-3)70-64(67)58-55-52-49-46-43-19-17-14-11-8-5-2/h14,17,61H,4-13,15-16,18-60H2,1-3H3/b17-14-. The minimum Gasteiger partial charge on any atom is -0.462 e. The Hall–Kier alpha value is -1.85. The molecule has 70 heavy (non-hydrogen) atoms. The topological polar surface area (TPSA) is 78.9 Å². The average Bonchev–Trinajstić information content (AvgIpc) is 3.36. The van der Waals surface area contributed by atoms with Crippen LogP contribution in [0.1, 0.15) is 361 Å². The molecule has 0 aliphatic rings. The molecule has 6 nitrogen and oxygen atoms in total. The summed E-state index contributed by atoms with van der Waals surface area (Å²) in [5.74, 6) is -0.867. The minimum absolute atomic E-state index is 0.0687. The first-order valence-electron chi connectivity index (χ1n) is 31.7. The van der Waals surface area contributed by atoms with Gasteiger partial charge < -0.3 is 14.2 Å². The maximum Gasteiger partial charge on any atom is 0.306 e. The summed E-state index contributed by atoms with van der Waals surface area (Å²) in [6, 6.07) is 0. The Morgan fingerprint density at radius 1 is 0.271 bits per heavy atom. The number of carbonyl (C=O) groups is 3. The summed E-state index contributed by atoms with van der Waals surface area (Å²) in [4.78, 5) is 37.8. The number of rotatable bonds is 59. The first kappa shape index (κ1) is 68.2. The summed E-state index contributed by atoms with van der Waals surface area (Å²) in [5, 5.41) is 0. The molecule has 0 saturated carbocycles. The molecule has 0 spiro atoms.